The fourth-order valence-electron chi connectivity index (χ4n) is 4.37. The first-order valence-electron chi connectivity index (χ1n) is 12.1. The molecule has 0 N–H and O–H groups in total. The van der Waals surface area contributed by atoms with Gasteiger partial charge in [-0.2, -0.15) is 13.2 Å². The summed E-state index contributed by atoms with van der Waals surface area (Å²) in [4.78, 5) is 34.5. The second kappa shape index (κ2) is 11.5. The number of amides is 1. The summed E-state index contributed by atoms with van der Waals surface area (Å²) in [6.07, 6.45) is -3.93. The molecule has 11 heteroatoms. The summed E-state index contributed by atoms with van der Waals surface area (Å²) in [5.74, 6) is -0.0930. The lowest BCUT2D eigenvalue weighted by atomic mass is 10.1. The molecule has 1 aliphatic heterocycles. The van der Waals surface area contributed by atoms with Crippen molar-refractivity contribution in [1.29, 1.82) is 0 Å². The molecule has 0 aliphatic carbocycles. The molecule has 6 nitrogen and oxygen atoms in total. The highest BCUT2D eigenvalue weighted by atomic mass is 79.9. The van der Waals surface area contributed by atoms with Crippen LogP contribution in [0.4, 0.5) is 18.9 Å². The minimum Gasteiger partial charge on any atom is -0.368 e. The van der Waals surface area contributed by atoms with Crippen molar-refractivity contribution in [2.45, 2.75) is 36.9 Å². The number of anilines is 1. The molecule has 2 heterocycles. The van der Waals surface area contributed by atoms with Gasteiger partial charge in [0.1, 0.15) is 0 Å². The molecule has 1 atom stereocenters. The number of carbonyl (C=O) groups excluding carboxylic acids is 1. The maximum Gasteiger partial charge on any atom is 0.416 e. The summed E-state index contributed by atoms with van der Waals surface area (Å²) in [6, 6.07) is 13.0. The van der Waals surface area contributed by atoms with Gasteiger partial charge in [-0.15, -0.1) is 0 Å². The molecule has 1 aromatic heterocycles. The third-order valence-electron chi connectivity index (χ3n) is 6.60. The summed E-state index contributed by atoms with van der Waals surface area (Å²) in [5.41, 5.74) is 1.92. The van der Waals surface area contributed by atoms with E-state index in [2.05, 4.69) is 20.9 Å². The monoisotopic (exact) mass is 608 g/mol. The van der Waals surface area contributed by atoms with Gasteiger partial charge >= 0.3 is 6.18 Å². The number of piperazine rings is 1. The second-order valence-electron chi connectivity index (χ2n) is 9.25. The average Bonchev–Trinajstić information content (AvgIpc) is 2.90. The molecule has 38 heavy (non-hydrogen) atoms. The number of alkyl halides is 3. The van der Waals surface area contributed by atoms with Crippen LogP contribution in [0.3, 0.4) is 0 Å². The zero-order valence-corrected chi connectivity index (χ0v) is 23.7. The largest absolute Gasteiger partial charge is 0.416 e. The normalized spacial score (nSPS) is 15.0. The number of aryl methyl sites for hydroxylation is 1. The van der Waals surface area contributed by atoms with Crippen LogP contribution in [0.25, 0.3) is 0 Å². The number of benzene rings is 2. The quantitative estimate of drug-likeness (QED) is 0.281. The molecule has 2 aromatic carbocycles. The smallest absolute Gasteiger partial charge is 0.368 e. The van der Waals surface area contributed by atoms with Crippen molar-refractivity contribution in [1.82, 2.24) is 14.5 Å². The maximum atomic E-state index is 13.2. The molecular formula is C27H28BrF3N4O2S. The van der Waals surface area contributed by atoms with E-state index >= 15 is 0 Å². The predicted octanol–water partition coefficient (Wildman–Crippen LogP) is 5.29. The fraction of sp³-hybridized carbons (Fsp3) is 0.370. The van der Waals surface area contributed by atoms with Crippen LogP contribution in [0.15, 0.2) is 63.0 Å². The standard InChI is InChI=1S/C27H28BrF3N4O2S/c1-17-23(15-19-7-9-21(28)10-8-19)25(37)33(3)26(32-17)38-18(2)24(36)35-13-11-34(12-14-35)22-6-4-5-20(16-22)27(29,30)31/h4-10,16,18H,11-15H2,1-3H3. The Morgan fingerprint density at radius 1 is 1.11 bits per heavy atom. The van der Waals surface area contributed by atoms with E-state index in [1.54, 1.807) is 31.9 Å². The minimum atomic E-state index is -4.40. The first kappa shape index (κ1) is 28.2. The lowest BCUT2D eigenvalue weighted by Crippen LogP contribution is -2.50. The highest BCUT2D eigenvalue weighted by Gasteiger charge is 2.32. The van der Waals surface area contributed by atoms with Gasteiger partial charge in [-0.3, -0.25) is 14.2 Å². The summed E-state index contributed by atoms with van der Waals surface area (Å²) in [5, 5.41) is -0.0135. The Kier molecular flexibility index (Phi) is 8.56. The fourth-order valence-corrected chi connectivity index (χ4v) is 5.64. The Labute approximate surface area is 232 Å². The van der Waals surface area contributed by atoms with Crippen LogP contribution in [0.5, 0.6) is 0 Å². The lowest BCUT2D eigenvalue weighted by molar-refractivity contribution is -0.137. The van der Waals surface area contributed by atoms with Gasteiger partial charge in [-0.05, 0) is 49.7 Å². The SMILES string of the molecule is Cc1nc(SC(C)C(=O)N2CCN(c3cccc(C(F)(F)F)c3)CC2)n(C)c(=O)c1Cc1ccc(Br)cc1. The Morgan fingerprint density at radius 2 is 1.76 bits per heavy atom. The number of hydrogen-bond donors (Lipinski definition) is 0. The Morgan fingerprint density at radius 3 is 2.39 bits per heavy atom. The second-order valence-corrected chi connectivity index (χ2v) is 11.5. The molecule has 3 aromatic rings. The van der Waals surface area contributed by atoms with Gasteiger partial charge in [-0.25, -0.2) is 4.98 Å². The molecule has 1 amide bonds. The molecule has 0 saturated carbocycles. The summed E-state index contributed by atoms with van der Waals surface area (Å²) in [6.45, 7) is 5.26. The van der Waals surface area contributed by atoms with Gasteiger partial charge < -0.3 is 9.80 Å². The summed E-state index contributed by atoms with van der Waals surface area (Å²) < 4.78 is 41.7. The number of hydrogen-bond acceptors (Lipinski definition) is 5. The van der Waals surface area contributed by atoms with Gasteiger partial charge in [0, 0.05) is 61.1 Å². The summed E-state index contributed by atoms with van der Waals surface area (Å²) in [7, 11) is 1.66. The van der Waals surface area contributed by atoms with Gasteiger partial charge in [0.25, 0.3) is 5.56 Å². The van der Waals surface area contributed by atoms with Crippen molar-refractivity contribution in [3.63, 3.8) is 0 Å². The van der Waals surface area contributed by atoms with Crippen molar-refractivity contribution < 1.29 is 18.0 Å². The molecule has 1 unspecified atom stereocenters. The molecule has 0 bridgehead atoms. The van der Waals surface area contributed by atoms with E-state index < -0.39 is 17.0 Å². The molecular weight excluding hydrogens is 581 g/mol. The van der Waals surface area contributed by atoms with E-state index in [1.165, 1.54) is 22.4 Å². The lowest BCUT2D eigenvalue weighted by Gasteiger charge is -2.37. The Bertz CT molecular complexity index is 1370. The molecule has 4 rings (SSSR count). The van der Waals surface area contributed by atoms with Crippen LogP contribution in [0, 0.1) is 6.92 Å². The first-order valence-corrected chi connectivity index (χ1v) is 13.8. The van der Waals surface area contributed by atoms with Crippen molar-refractivity contribution in [3.8, 4) is 0 Å². The van der Waals surface area contributed by atoms with E-state index in [-0.39, 0.29) is 11.5 Å². The van der Waals surface area contributed by atoms with Crippen LogP contribution in [0.1, 0.15) is 29.3 Å². The van der Waals surface area contributed by atoms with Crippen LogP contribution in [0.2, 0.25) is 0 Å². The van der Waals surface area contributed by atoms with Gasteiger partial charge in [-0.1, -0.05) is 45.9 Å². The number of rotatable bonds is 6. The van der Waals surface area contributed by atoms with Crippen LogP contribution in [-0.2, 0) is 24.4 Å². The van der Waals surface area contributed by atoms with Crippen molar-refractivity contribution in [3.05, 3.63) is 85.7 Å². The minimum absolute atomic E-state index is 0.0930. The highest BCUT2D eigenvalue weighted by Crippen LogP contribution is 2.32. The number of nitrogens with zero attached hydrogens (tertiary/aromatic N) is 4. The van der Waals surface area contributed by atoms with Crippen molar-refractivity contribution in [2.24, 2.45) is 7.05 Å². The van der Waals surface area contributed by atoms with Gasteiger partial charge in [0.15, 0.2) is 5.16 Å². The molecule has 202 valence electrons. The average molecular weight is 610 g/mol. The van der Waals surface area contributed by atoms with E-state index in [0.29, 0.717) is 54.7 Å². The van der Waals surface area contributed by atoms with E-state index in [1.807, 2.05) is 29.2 Å². The zero-order chi connectivity index (χ0) is 27.6. The summed E-state index contributed by atoms with van der Waals surface area (Å²) >= 11 is 4.65. The predicted molar refractivity (Wildman–Crippen MR) is 147 cm³/mol. The first-order chi connectivity index (χ1) is 17.9. The van der Waals surface area contributed by atoms with Gasteiger partial charge in [0.05, 0.1) is 10.8 Å². The van der Waals surface area contributed by atoms with Crippen LogP contribution >= 0.6 is 27.7 Å². The third-order valence-corrected chi connectivity index (χ3v) is 8.26. The number of thioether (sulfide) groups is 1. The van der Waals surface area contributed by atoms with Gasteiger partial charge in [0.2, 0.25) is 5.91 Å². The van der Waals surface area contributed by atoms with E-state index in [0.717, 1.165) is 22.2 Å². The highest BCUT2D eigenvalue weighted by molar-refractivity contribution is 9.10. The molecule has 1 fully saturated rings. The van der Waals surface area contributed by atoms with Crippen LogP contribution in [-0.4, -0.2) is 51.8 Å². The number of halogens is 4. The van der Waals surface area contributed by atoms with E-state index in [9.17, 15) is 22.8 Å². The zero-order valence-electron chi connectivity index (χ0n) is 21.3. The Hall–Kier alpha value is -2.79. The Balaban J connectivity index is 1.40. The number of aromatic nitrogens is 2. The van der Waals surface area contributed by atoms with E-state index in [4.69, 9.17) is 0 Å². The molecule has 0 radical (unpaired) electrons. The topological polar surface area (TPSA) is 58.4 Å². The number of carbonyl (C=O) groups is 1. The third kappa shape index (κ3) is 6.43. The molecule has 1 saturated heterocycles. The van der Waals surface area contributed by atoms with Crippen molar-refractivity contribution in [2.75, 3.05) is 31.1 Å². The van der Waals surface area contributed by atoms with Crippen molar-refractivity contribution >= 4 is 39.3 Å². The van der Waals surface area contributed by atoms with Crippen LogP contribution < -0.4 is 10.5 Å². The maximum absolute atomic E-state index is 13.2. The molecule has 0 spiro atoms. The molecule has 1 aliphatic rings.